The van der Waals surface area contributed by atoms with Crippen LogP contribution in [0.3, 0.4) is 0 Å². The van der Waals surface area contributed by atoms with Crippen molar-refractivity contribution in [1.82, 2.24) is 0 Å². The number of primary sulfonamides is 1. The third-order valence-electron chi connectivity index (χ3n) is 2.90. The molecule has 0 aliphatic carbocycles. The Morgan fingerprint density at radius 1 is 1.19 bits per heavy atom. The molecule has 7 heteroatoms. The second-order valence-electron chi connectivity index (χ2n) is 4.46. The number of amides is 1. The van der Waals surface area contributed by atoms with E-state index in [-0.39, 0.29) is 10.6 Å². The Kier molecular flexibility index (Phi) is 4.06. The van der Waals surface area contributed by atoms with E-state index in [2.05, 4.69) is 5.32 Å². The van der Waals surface area contributed by atoms with Crippen molar-refractivity contribution >= 4 is 21.6 Å². The molecule has 2 aromatic rings. The number of sulfonamides is 1. The van der Waals surface area contributed by atoms with Crippen LogP contribution in [-0.2, 0) is 10.0 Å². The first-order valence-corrected chi connectivity index (χ1v) is 7.53. The molecule has 0 bridgehead atoms. The summed E-state index contributed by atoms with van der Waals surface area (Å²) in [5.41, 5.74) is 0.852. The van der Waals surface area contributed by atoms with E-state index in [1.165, 1.54) is 0 Å². The van der Waals surface area contributed by atoms with Gasteiger partial charge in [0.05, 0.1) is 10.6 Å². The molecule has 110 valence electrons. The molecule has 0 fully saturated rings. The first kappa shape index (κ1) is 15.1. The van der Waals surface area contributed by atoms with Gasteiger partial charge in [-0.25, -0.2) is 17.9 Å². The summed E-state index contributed by atoms with van der Waals surface area (Å²) in [6.07, 6.45) is 0. The van der Waals surface area contributed by atoms with Crippen LogP contribution < -0.4 is 10.5 Å². The summed E-state index contributed by atoms with van der Waals surface area (Å²) >= 11 is 0. The molecule has 0 saturated carbocycles. The Bertz CT molecular complexity index is 804. The summed E-state index contributed by atoms with van der Waals surface area (Å²) in [7, 11) is -3.97. The molecule has 21 heavy (non-hydrogen) atoms. The van der Waals surface area contributed by atoms with E-state index >= 15 is 0 Å². The van der Waals surface area contributed by atoms with Gasteiger partial charge >= 0.3 is 0 Å². The molecule has 0 radical (unpaired) electrons. The van der Waals surface area contributed by atoms with E-state index in [0.29, 0.717) is 5.56 Å². The van der Waals surface area contributed by atoms with E-state index in [1.807, 2.05) is 0 Å². The summed E-state index contributed by atoms with van der Waals surface area (Å²) in [5.74, 6) is -1.28. The maximum absolute atomic E-state index is 13.7. The van der Waals surface area contributed by atoms with Crippen molar-refractivity contribution in [2.24, 2.45) is 5.14 Å². The number of hydrogen-bond acceptors (Lipinski definition) is 3. The summed E-state index contributed by atoms with van der Waals surface area (Å²) in [6, 6.07) is 9.74. The first-order chi connectivity index (χ1) is 9.79. The van der Waals surface area contributed by atoms with Gasteiger partial charge in [-0.2, -0.15) is 0 Å². The molecule has 0 heterocycles. The normalized spacial score (nSPS) is 11.2. The highest BCUT2D eigenvalue weighted by Gasteiger charge is 2.15. The van der Waals surface area contributed by atoms with Crippen LogP contribution in [0.25, 0.3) is 0 Å². The third kappa shape index (κ3) is 3.45. The van der Waals surface area contributed by atoms with Crippen molar-refractivity contribution in [3.05, 3.63) is 59.4 Å². The molecule has 5 nitrogen and oxygen atoms in total. The van der Waals surface area contributed by atoms with Crippen LogP contribution >= 0.6 is 0 Å². The van der Waals surface area contributed by atoms with Crippen molar-refractivity contribution in [1.29, 1.82) is 0 Å². The maximum Gasteiger partial charge on any atom is 0.256 e. The van der Waals surface area contributed by atoms with Crippen LogP contribution in [-0.4, -0.2) is 14.3 Å². The van der Waals surface area contributed by atoms with Gasteiger partial charge in [0.25, 0.3) is 5.91 Å². The van der Waals surface area contributed by atoms with Gasteiger partial charge in [-0.15, -0.1) is 0 Å². The lowest BCUT2D eigenvalue weighted by atomic mass is 10.1. The molecule has 0 atom stereocenters. The Labute approximate surface area is 121 Å². The fraction of sp³-hybridized carbons (Fsp3) is 0.0714. The maximum atomic E-state index is 13.7. The van der Waals surface area contributed by atoms with Crippen LogP contribution in [0.4, 0.5) is 10.1 Å². The van der Waals surface area contributed by atoms with Gasteiger partial charge in [0.2, 0.25) is 10.0 Å². The highest BCUT2D eigenvalue weighted by atomic mass is 32.2. The van der Waals surface area contributed by atoms with E-state index < -0.39 is 21.7 Å². The van der Waals surface area contributed by atoms with E-state index in [9.17, 15) is 17.6 Å². The van der Waals surface area contributed by atoms with Crippen molar-refractivity contribution in [2.45, 2.75) is 11.8 Å². The molecule has 0 saturated heterocycles. The summed E-state index contributed by atoms with van der Waals surface area (Å²) in [5, 5.41) is 7.32. The fourth-order valence-electron chi connectivity index (χ4n) is 1.79. The first-order valence-electron chi connectivity index (χ1n) is 5.98. The van der Waals surface area contributed by atoms with Gasteiger partial charge in [0.1, 0.15) is 5.82 Å². The number of anilines is 1. The highest BCUT2D eigenvalue weighted by molar-refractivity contribution is 7.89. The third-order valence-corrected chi connectivity index (χ3v) is 3.82. The quantitative estimate of drug-likeness (QED) is 0.909. The predicted molar refractivity (Wildman–Crippen MR) is 76.9 cm³/mol. The van der Waals surface area contributed by atoms with Crippen LogP contribution in [0.5, 0.6) is 0 Å². The molecule has 0 unspecified atom stereocenters. The van der Waals surface area contributed by atoms with Gasteiger partial charge in [-0.1, -0.05) is 18.2 Å². The van der Waals surface area contributed by atoms with Crippen molar-refractivity contribution < 1.29 is 17.6 Å². The number of hydrogen-bond donors (Lipinski definition) is 2. The van der Waals surface area contributed by atoms with Crippen LogP contribution in [0.1, 0.15) is 15.9 Å². The number of carbonyl (C=O) groups excluding carboxylic acids is 1. The van der Waals surface area contributed by atoms with Crippen molar-refractivity contribution in [3.8, 4) is 0 Å². The molecular weight excluding hydrogens is 295 g/mol. The van der Waals surface area contributed by atoms with Gasteiger partial charge < -0.3 is 5.32 Å². The molecule has 2 aromatic carbocycles. The zero-order valence-electron chi connectivity index (χ0n) is 11.1. The monoisotopic (exact) mass is 308 g/mol. The van der Waals surface area contributed by atoms with Gasteiger partial charge in [0, 0.05) is 5.56 Å². The minimum absolute atomic E-state index is 0.241. The summed E-state index contributed by atoms with van der Waals surface area (Å²) in [4.78, 5) is 11.8. The lowest BCUT2D eigenvalue weighted by Crippen LogP contribution is -2.16. The Hall–Kier alpha value is -2.25. The summed E-state index contributed by atoms with van der Waals surface area (Å²) < 4.78 is 36.2. The van der Waals surface area contributed by atoms with Gasteiger partial charge in [-0.05, 0) is 36.8 Å². The molecule has 0 aromatic heterocycles. The highest BCUT2D eigenvalue weighted by Crippen LogP contribution is 2.20. The zero-order valence-corrected chi connectivity index (χ0v) is 11.9. The Morgan fingerprint density at radius 2 is 1.86 bits per heavy atom. The molecule has 1 amide bonds. The number of nitrogens with two attached hydrogens (primary N) is 1. The summed E-state index contributed by atoms with van der Waals surface area (Å²) in [6.45, 7) is 1.74. The lowest BCUT2D eigenvalue weighted by Gasteiger charge is -2.09. The van der Waals surface area contributed by atoms with Crippen LogP contribution in [0, 0.1) is 12.7 Å². The molecule has 0 aliphatic heterocycles. The number of halogens is 1. The number of nitrogens with one attached hydrogen (secondary N) is 1. The van der Waals surface area contributed by atoms with E-state index in [4.69, 9.17) is 5.14 Å². The fourth-order valence-corrected chi connectivity index (χ4v) is 2.33. The van der Waals surface area contributed by atoms with Gasteiger partial charge in [0.15, 0.2) is 0 Å². The number of aryl methyl sites for hydroxylation is 1. The van der Waals surface area contributed by atoms with Gasteiger partial charge in [-0.3, -0.25) is 4.79 Å². The molecule has 0 spiro atoms. The number of benzene rings is 2. The van der Waals surface area contributed by atoms with Crippen molar-refractivity contribution in [3.63, 3.8) is 0 Å². The van der Waals surface area contributed by atoms with E-state index in [1.54, 1.807) is 31.2 Å². The largest absolute Gasteiger partial charge is 0.319 e. The SMILES string of the molecule is Cc1ccccc1C(=O)Nc1cc(S(N)(=O)=O)ccc1F. The second-order valence-corrected chi connectivity index (χ2v) is 6.02. The van der Waals surface area contributed by atoms with Crippen LogP contribution in [0.15, 0.2) is 47.4 Å². The predicted octanol–water partition coefficient (Wildman–Crippen LogP) is 2.03. The van der Waals surface area contributed by atoms with Crippen molar-refractivity contribution in [2.75, 3.05) is 5.32 Å². The minimum Gasteiger partial charge on any atom is -0.319 e. The van der Waals surface area contributed by atoms with E-state index in [0.717, 1.165) is 23.8 Å². The molecule has 2 rings (SSSR count). The zero-order chi connectivity index (χ0) is 15.6. The molecular formula is C14H13FN2O3S. The molecule has 0 aliphatic rings. The topological polar surface area (TPSA) is 89.3 Å². The average Bonchev–Trinajstić information content (AvgIpc) is 2.40. The minimum atomic E-state index is -3.97. The Morgan fingerprint density at radius 3 is 2.48 bits per heavy atom. The lowest BCUT2D eigenvalue weighted by molar-refractivity contribution is 0.102. The average molecular weight is 308 g/mol. The van der Waals surface area contributed by atoms with Crippen LogP contribution in [0.2, 0.25) is 0 Å². The molecule has 3 N–H and O–H groups in total. The number of rotatable bonds is 3. The Balaban J connectivity index is 2.36. The second kappa shape index (κ2) is 5.63. The standard InChI is InChI=1S/C14H13FN2O3S/c1-9-4-2-3-5-11(9)14(18)17-13-8-10(21(16,19)20)6-7-12(13)15/h2-8H,1H3,(H,17,18)(H2,16,19,20). The number of carbonyl (C=O) groups is 1. The smallest absolute Gasteiger partial charge is 0.256 e.